The van der Waals surface area contributed by atoms with E-state index in [9.17, 15) is 18.0 Å². The van der Waals surface area contributed by atoms with E-state index in [-0.39, 0.29) is 17.7 Å². The lowest BCUT2D eigenvalue weighted by Crippen LogP contribution is -2.50. The lowest BCUT2D eigenvalue weighted by molar-refractivity contribution is -0.118. The number of amides is 3. The Bertz CT molecular complexity index is 1180. The quantitative estimate of drug-likeness (QED) is 0.495. The van der Waals surface area contributed by atoms with Gasteiger partial charge in [0.05, 0.1) is 25.3 Å². The van der Waals surface area contributed by atoms with E-state index in [1.807, 2.05) is 39.0 Å². The SMILES string of the molecule is COc1c(-c2ccc(C=NNS(C)(=O)=O)cc2)cc(N2C(=O)CCNC2=O)cc1C(C)(C)C. The molecule has 0 radical (unpaired) electrons. The second kappa shape index (κ2) is 9.22. The van der Waals surface area contributed by atoms with E-state index in [0.29, 0.717) is 23.5 Å². The number of carbonyl (C=O) groups is 2. The topological polar surface area (TPSA) is 117 Å². The first-order chi connectivity index (χ1) is 15.4. The van der Waals surface area contributed by atoms with Crippen molar-refractivity contribution in [3.63, 3.8) is 0 Å². The fourth-order valence-electron chi connectivity index (χ4n) is 3.52. The molecule has 33 heavy (non-hydrogen) atoms. The number of urea groups is 1. The number of imide groups is 1. The van der Waals surface area contributed by atoms with Gasteiger partial charge in [0.15, 0.2) is 0 Å². The first-order valence-electron chi connectivity index (χ1n) is 10.3. The van der Waals surface area contributed by atoms with Gasteiger partial charge in [-0.1, -0.05) is 45.0 Å². The lowest BCUT2D eigenvalue weighted by Gasteiger charge is -2.30. The van der Waals surface area contributed by atoms with Crippen LogP contribution in [-0.4, -0.2) is 46.5 Å². The van der Waals surface area contributed by atoms with Crippen LogP contribution in [0.15, 0.2) is 41.5 Å². The van der Waals surface area contributed by atoms with Gasteiger partial charge in [0.25, 0.3) is 0 Å². The minimum Gasteiger partial charge on any atom is -0.496 e. The molecule has 1 aliphatic rings. The number of sulfonamides is 1. The molecule has 9 nitrogen and oxygen atoms in total. The fourth-order valence-corrected chi connectivity index (χ4v) is 3.77. The van der Waals surface area contributed by atoms with E-state index in [2.05, 4.69) is 15.2 Å². The normalized spacial score (nSPS) is 15.0. The van der Waals surface area contributed by atoms with Gasteiger partial charge in [0.2, 0.25) is 15.9 Å². The summed E-state index contributed by atoms with van der Waals surface area (Å²) in [5, 5.41) is 6.43. The molecule has 0 spiro atoms. The van der Waals surface area contributed by atoms with Crippen LogP contribution in [0.1, 0.15) is 38.3 Å². The summed E-state index contributed by atoms with van der Waals surface area (Å²) < 4.78 is 28.1. The number of carbonyl (C=O) groups excluding carboxylic acids is 2. The van der Waals surface area contributed by atoms with E-state index in [4.69, 9.17) is 4.74 Å². The molecule has 1 aliphatic heterocycles. The van der Waals surface area contributed by atoms with Gasteiger partial charge in [0, 0.05) is 24.1 Å². The van der Waals surface area contributed by atoms with Crippen molar-refractivity contribution < 1.29 is 22.7 Å². The van der Waals surface area contributed by atoms with Gasteiger partial charge in [-0.05, 0) is 28.7 Å². The van der Waals surface area contributed by atoms with Crippen LogP contribution in [0, 0.1) is 0 Å². The maximum Gasteiger partial charge on any atom is 0.328 e. The van der Waals surface area contributed by atoms with Crippen LogP contribution in [0.5, 0.6) is 5.75 Å². The van der Waals surface area contributed by atoms with Gasteiger partial charge in [-0.15, -0.1) is 0 Å². The largest absolute Gasteiger partial charge is 0.496 e. The first kappa shape index (κ1) is 24.2. The molecular weight excluding hydrogens is 444 g/mol. The molecule has 0 bridgehead atoms. The van der Waals surface area contributed by atoms with E-state index < -0.39 is 16.1 Å². The summed E-state index contributed by atoms with van der Waals surface area (Å²) in [6, 6.07) is 10.4. The second-order valence-electron chi connectivity index (χ2n) is 8.78. The number of hydrazone groups is 1. The molecule has 1 heterocycles. The zero-order valence-electron chi connectivity index (χ0n) is 19.3. The van der Waals surface area contributed by atoms with Crippen LogP contribution in [-0.2, 0) is 20.2 Å². The number of ether oxygens (including phenoxy) is 1. The monoisotopic (exact) mass is 472 g/mol. The molecule has 0 saturated carbocycles. The van der Waals surface area contributed by atoms with Crippen molar-refractivity contribution in [2.24, 2.45) is 5.10 Å². The van der Waals surface area contributed by atoms with Crippen LogP contribution in [0.25, 0.3) is 11.1 Å². The Labute approximate surface area is 193 Å². The van der Waals surface area contributed by atoms with Crippen LogP contribution in [0.3, 0.4) is 0 Å². The van der Waals surface area contributed by atoms with E-state index in [1.165, 1.54) is 11.1 Å². The highest BCUT2D eigenvalue weighted by Gasteiger charge is 2.31. The van der Waals surface area contributed by atoms with Gasteiger partial charge in [-0.3, -0.25) is 4.79 Å². The van der Waals surface area contributed by atoms with Gasteiger partial charge in [-0.25, -0.2) is 22.9 Å². The molecule has 0 atom stereocenters. The van der Waals surface area contributed by atoms with Gasteiger partial charge in [0.1, 0.15) is 5.75 Å². The first-order valence-corrected chi connectivity index (χ1v) is 12.2. The predicted molar refractivity (Wildman–Crippen MR) is 128 cm³/mol. The zero-order valence-corrected chi connectivity index (χ0v) is 20.1. The standard InChI is InChI=1S/C23H28N4O5S/c1-23(2,3)19-13-17(27-20(28)10-11-24-22(27)29)12-18(21(19)32-4)16-8-6-15(7-9-16)14-25-26-33(5,30)31/h6-9,12-14,26H,10-11H2,1-5H3,(H,24,29). The van der Waals surface area contributed by atoms with Crippen molar-refractivity contribution in [1.82, 2.24) is 10.1 Å². The Morgan fingerprint density at radius 3 is 2.36 bits per heavy atom. The Morgan fingerprint density at radius 1 is 1.15 bits per heavy atom. The third kappa shape index (κ3) is 5.70. The van der Waals surface area contributed by atoms with Gasteiger partial charge in [-0.2, -0.15) is 5.10 Å². The molecule has 0 aromatic heterocycles. The molecule has 2 N–H and O–H groups in total. The number of nitrogens with one attached hydrogen (secondary N) is 2. The van der Waals surface area contributed by atoms with Crippen molar-refractivity contribution in [2.75, 3.05) is 24.8 Å². The van der Waals surface area contributed by atoms with Crippen LogP contribution in [0.2, 0.25) is 0 Å². The van der Waals surface area contributed by atoms with E-state index in [0.717, 1.165) is 22.9 Å². The number of methoxy groups -OCH3 is 1. The maximum absolute atomic E-state index is 12.6. The molecule has 2 aromatic rings. The Balaban J connectivity index is 2.10. The minimum absolute atomic E-state index is 0.230. The number of hydrogen-bond acceptors (Lipinski definition) is 6. The number of hydrogen-bond donors (Lipinski definition) is 2. The summed E-state index contributed by atoms with van der Waals surface area (Å²) in [7, 11) is -1.84. The zero-order chi connectivity index (χ0) is 24.4. The third-order valence-electron chi connectivity index (χ3n) is 5.07. The minimum atomic E-state index is -3.43. The smallest absolute Gasteiger partial charge is 0.328 e. The summed E-state index contributed by atoms with van der Waals surface area (Å²) in [4.78, 5) is 28.3. The summed E-state index contributed by atoms with van der Waals surface area (Å²) >= 11 is 0. The molecular formula is C23H28N4O5S. The maximum atomic E-state index is 12.6. The highest BCUT2D eigenvalue weighted by atomic mass is 32.2. The molecule has 1 fully saturated rings. The van der Waals surface area contributed by atoms with Crippen molar-refractivity contribution >= 4 is 33.9 Å². The van der Waals surface area contributed by atoms with Crippen molar-refractivity contribution in [1.29, 1.82) is 0 Å². The van der Waals surface area contributed by atoms with Gasteiger partial charge >= 0.3 is 6.03 Å². The summed E-state index contributed by atoms with van der Waals surface area (Å²) in [5.41, 5.74) is 3.22. The average molecular weight is 473 g/mol. The average Bonchev–Trinajstić information content (AvgIpc) is 2.72. The molecule has 3 rings (SSSR count). The number of rotatable bonds is 6. The predicted octanol–water partition coefficient (Wildman–Crippen LogP) is 2.99. The third-order valence-corrected chi connectivity index (χ3v) is 5.50. The van der Waals surface area contributed by atoms with E-state index in [1.54, 1.807) is 25.3 Å². The number of anilines is 1. The number of benzene rings is 2. The summed E-state index contributed by atoms with van der Waals surface area (Å²) in [6.45, 7) is 6.42. The van der Waals surface area contributed by atoms with Crippen LogP contribution in [0.4, 0.5) is 10.5 Å². The molecule has 0 aliphatic carbocycles. The van der Waals surface area contributed by atoms with E-state index >= 15 is 0 Å². The van der Waals surface area contributed by atoms with Crippen LogP contribution < -0.4 is 19.8 Å². The van der Waals surface area contributed by atoms with Crippen molar-refractivity contribution in [2.45, 2.75) is 32.6 Å². The second-order valence-corrected chi connectivity index (χ2v) is 10.5. The van der Waals surface area contributed by atoms with Crippen molar-refractivity contribution in [3.8, 4) is 16.9 Å². The molecule has 3 amide bonds. The summed E-state index contributed by atoms with van der Waals surface area (Å²) in [5.74, 6) is 0.385. The Morgan fingerprint density at radius 2 is 1.82 bits per heavy atom. The Hall–Kier alpha value is -3.40. The highest BCUT2D eigenvalue weighted by molar-refractivity contribution is 7.88. The highest BCUT2D eigenvalue weighted by Crippen LogP contribution is 2.42. The lowest BCUT2D eigenvalue weighted by atomic mass is 9.83. The van der Waals surface area contributed by atoms with Crippen molar-refractivity contribution in [3.05, 3.63) is 47.5 Å². The van der Waals surface area contributed by atoms with Crippen LogP contribution >= 0.6 is 0 Å². The Kier molecular flexibility index (Phi) is 6.78. The molecule has 0 unspecified atom stereocenters. The summed E-state index contributed by atoms with van der Waals surface area (Å²) in [6.07, 6.45) is 2.65. The van der Waals surface area contributed by atoms with Gasteiger partial charge < -0.3 is 10.1 Å². The molecule has 2 aromatic carbocycles. The molecule has 1 saturated heterocycles. The number of nitrogens with zero attached hydrogens (tertiary/aromatic N) is 2. The molecule has 10 heteroatoms. The fraction of sp³-hybridized carbons (Fsp3) is 0.348. The molecule has 176 valence electrons.